The van der Waals surface area contributed by atoms with Gasteiger partial charge in [0, 0.05) is 11.1 Å². The van der Waals surface area contributed by atoms with Crippen molar-refractivity contribution in [2.75, 3.05) is 6.61 Å². The summed E-state index contributed by atoms with van der Waals surface area (Å²) in [5, 5.41) is 11.6. The molecule has 4 rings (SSSR count). The Balaban J connectivity index is 1.76. The molecule has 1 unspecified atom stereocenters. The van der Waals surface area contributed by atoms with Crippen molar-refractivity contribution in [2.24, 2.45) is 11.7 Å². The quantitative estimate of drug-likeness (QED) is 0.333. The van der Waals surface area contributed by atoms with Crippen LogP contribution in [0.5, 0.6) is 5.75 Å². The summed E-state index contributed by atoms with van der Waals surface area (Å²) in [6, 6.07) is 19.9. The van der Waals surface area contributed by atoms with Crippen molar-refractivity contribution < 1.29 is 14.6 Å². The number of hydrogen-bond donors (Lipinski definition) is 3. The van der Waals surface area contributed by atoms with Crippen molar-refractivity contribution >= 4 is 17.5 Å². The van der Waals surface area contributed by atoms with Crippen molar-refractivity contribution in [1.29, 1.82) is 0 Å². The Kier molecular flexibility index (Phi) is 7.19. The van der Waals surface area contributed by atoms with Gasteiger partial charge in [0.05, 0.1) is 11.6 Å². The number of aromatic amines is 1. The van der Waals surface area contributed by atoms with Gasteiger partial charge in [-0.15, -0.1) is 0 Å². The standard InChI is InChI=1S/C27H25ClN4O4/c1-16(2)15-36-20-11-8-17(9-12-20)23-30-24(32-26(34)31-23)21-14-19(10-13-22(21)28)27(35,25(29)33)18-6-4-3-5-7-18/h3-14,16,35H,15H2,1-2H3,(H2,29,33)(H,30,31,32,34). The topological polar surface area (TPSA) is 131 Å². The number of hydrogen-bond acceptors (Lipinski definition) is 6. The molecule has 184 valence electrons. The minimum absolute atomic E-state index is 0.122. The molecule has 8 nitrogen and oxygen atoms in total. The zero-order valence-electron chi connectivity index (χ0n) is 19.7. The predicted octanol–water partition coefficient (Wildman–Crippen LogP) is 3.91. The summed E-state index contributed by atoms with van der Waals surface area (Å²) in [4.78, 5) is 35.9. The Morgan fingerprint density at radius 3 is 2.39 bits per heavy atom. The summed E-state index contributed by atoms with van der Waals surface area (Å²) in [6.07, 6.45) is 0. The van der Waals surface area contributed by atoms with Gasteiger partial charge in [0.25, 0.3) is 5.91 Å². The molecule has 9 heteroatoms. The minimum Gasteiger partial charge on any atom is -0.493 e. The molecule has 36 heavy (non-hydrogen) atoms. The van der Waals surface area contributed by atoms with Crippen LogP contribution in [0.25, 0.3) is 22.8 Å². The molecule has 1 aromatic heterocycles. The van der Waals surface area contributed by atoms with Gasteiger partial charge in [-0.25, -0.2) is 9.78 Å². The summed E-state index contributed by atoms with van der Waals surface area (Å²) in [5.74, 6) is 0.423. The maximum Gasteiger partial charge on any atom is 0.348 e. The first-order valence-corrected chi connectivity index (χ1v) is 11.7. The molecule has 1 heterocycles. The second kappa shape index (κ2) is 10.3. The van der Waals surface area contributed by atoms with E-state index < -0.39 is 17.2 Å². The maximum atomic E-state index is 12.4. The van der Waals surface area contributed by atoms with Gasteiger partial charge in [0.15, 0.2) is 11.4 Å². The lowest BCUT2D eigenvalue weighted by Gasteiger charge is -2.26. The van der Waals surface area contributed by atoms with E-state index in [9.17, 15) is 14.7 Å². The Morgan fingerprint density at radius 1 is 1.06 bits per heavy atom. The molecule has 4 N–H and O–H groups in total. The van der Waals surface area contributed by atoms with Gasteiger partial charge in [0.1, 0.15) is 11.6 Å². The van der Waals surface area contributed by atoms with Crippen LogP contribution < -0.4 is 16.2 Å². The van der Waals surface area contributed by atoms with Crippen molar-refractivity contribution in [2.45, 2.75) is 19.4 Å². The molecule has 0 radical (unpaired) electrons. The Bertz CT molecular complexity index is 1440. The monoisotopic (exact) mass is 504 g/mol. The number of H-pyrrole nitrogens is 1. The molecule has 3 aromatic carbocycles. The van der Waals surface area contributed by atoms with Crippen LogP contribution in [0, 0.1) is 5.92 Å². The van der Waals surface area contributed by atoms with Gasteiger partial charge >= 0.3 is 5.69 Å². The summed E-state index contributed by atoms with van der Waals surface area (Å²) in [7, 11) is 0. The highest BCUT2D eigenvalue weighted by Gasteiger charge is 2.38. The van der Waals surface area contributed by atoms with Crippen LogP contribution in [0.3, 0.4) is 0 Å². The summed E-state index contributed by atoms with van der Waals surface area (Å²) in [5.41, 5.74) is 4.23. The van der Waals surface area contributed by atoms with Gasteiger partial charge in [-0.05, 0) is 53.4 Å². The van der Waals surface area contributed by atoms with Crippen molar-refractivity contribution in [3.05, 3.63) is 99.4 Å². The number of nitrogens with zero attached hydrogens (tertiary/aromatic N) is 2. The second-order valence-electron chi connectivity index (χ2n) is 8.69. The van der Waals surface area contributed by atoms with E-state index in [1.807, 2.05) is 0 Å². The summed E-state index contributed by atoms with van der Waals surface area (Å²) in [6.45, 7) is 4.70. The normalized spacial score (nSPS) is 12.8. The highest BCUT2D eigenvalue weighted by molar-refractivity contribution is 6.33. The third kappa shape index (κ3) is 5.15. The van der Waals surface area contributed by atoms with E-state index in [0.29, 0.717) is 35.0 Å². The van der Waals surface area contributed by atoms with Gasteiger partial charge < -0.3 is 15.6 Å². The Morgan fingerprint density at radius 2 is 1.75 bits per heavy atom. The van der Waals surface area contributed by atoms with Crippen molar-refractivity contribution in [3.8, 4) is 28.5 Å². The lowest BCUT2D eigenvalue weighted by Crippen LogP contribution is -2.42. The van der Waals surface area contributed by atoms with E-state index >= 15 is 0 Å². The molecule has 0 aliphatic rings. The average Bonchev–Trinajstić information content (AvgIpc) is 2.87. The Labute approximate surface area is 212 Å². The zero-order valence-corrected chi connectivity index (χ0v) is 20.5. The first-order valence-electron chi connectivity index (χ1n) is 11.3. The molecule has 0 saturated heterocycles. The first-order chi connectivity index (χ1) is 17.2. The molecular weight excluding hydrogens is 480 g/mol. The number of halogens is 1. The number of rotatable bonds is 8. The molecule has 4 aromatic rings. The van der Waals surface area contributed by atoms with Crippen LogP contribution in [-0.4, -0.2) is 32.6 Å². The van der Waals surface area contributed by atoms with E-state index in [4.69, 9.17) is 22.1 Å². The molecule has 0 fully saturated rings. The molecule has 0 aliphatic heterocycles. The van der Waals surface area contributed by atoms with Crippen LogP contribution in [0.1, 0.15) is 25.0 Å². The van der Waals surface area contributed by atoms with E-state index in [1.165, 1.54) is 18.2 Å². The van der Waals surface area contributed by atoms with Gasteiger partial charge in [0.2, 0.25) is 0 Å². The smallest absolute Gasteiger partial charge is 0.348 e. The van der Waals surface area contributed by atoms with Crippen LogP contribution in [0.4, 0.5) is 0 Å². The molecule has 0 saturated carbocycles. The van der Waals surface area contributed by atoms with Crippen molar-refractivity contribution in [3.63, 3.8) is 0 Å². The predicted molar refractivity (Wildman–Crippen MR) is 138 cm³/mol. The summed E-state index contributed by atoms with van der Waals surface area (Å²) >= 11 is 6.44. The molecule has 0 bridgehead atoms. The van der Waals surface area contributed by atoms with Crippen LogP contribution in [0.15, 0.2) is 77.6 Å². The highest BCUT2D eigenvalue weighted by atomic mass is 35.5. The second-order valence-corrected chi connectivity index (χ2v) is 9.10. The number of amides is 1. The number of carbonyl (C=O) groups is 1. The largest absolute Gasteiger partial charge is 0.493 e. The number of benzene rings is 3. The van der Waals surface area contributed by atoms with E-state index in [-0.39, 0.29) is 22.2 Å². The molecule has 0 aliphatic carbocycles. The van der Waals surface area contributed by atoms with Crippen LogP contribution in [-0.2, 0) is 10.4 Å². The number of primary amides is 1. The van der Waals surface area contributed by atoms with Crippen molar-refractivity contribution in [1.82, 2.24) is 15.0 Å². The third-order valence-electron chi connectivity index (χ3n) is 5.53. The zero-order chi connectivity index (χ0) is 25.9. The lowest BCUT2D eigenvalue weighted by molar-refractivity contribution is -0.133. The molecule has 1 atom stereocenters. The molecule has 1 amide bonds. The fourth-order valence-corrected chi connectivity index (χ4v) is 3.87. The van der Waals surface area contributed by atoms with Crippen LogP contribution >= 0.6 is 11.6 Å². The number of aromatic nitrogens is 3. The minimum atomic E-state index is -2.12. The molecule has 0 spiro atoms. The van der Waals surface area contributed by atoms with E-state index in [1.54, 1.807) is 54.6 Å². The number of aliphatic hydroxyl groups is 1. The summed E-state index contributed by atoms with van der Waals surface area (Å²) < 4.78 is 5.70. The lowest BCUT2D eigenvalue weighted by atomic mass is 9.85. The van der Waals surface area contributed by atoms with E-state index in [2.05, 4.69) is 28.8 Å². The number of nitrogens with two attached hydrogens (primary N) is 1. The van der Waals surface area contributed by atoms with E-state index in [0.717, 1.165) is 0 Å². The fraction of sp³-hybridized carbons (Fsp3) is 0.185. The number of nitrogens with one attached hydrogen (secondary N) is 1. The Hall–Kier alpha value is -4.01. The fourth-order valence-electron chi connectivity index (χ4n) is 3.67. The average molecular weight is 505 g/mol. The third-order valence-corrected chi connectivity index (χ3v) is 5.86. The van der Waals surface area contributed by atoms with Gasteiger partial charge in [-0.2, -0.15) is 4.98 Å². The molecular formula is C27H25ClN4O4. The first kappa shape index (κ1) is 25.1. The van der Waals surface area contributed by atoms with Gasteiger partial charge in [-0.1, -0.05) is 61.8 Å². The highest BCUT2D eigenvalue weighted by Crippen LogP contribution is 2.35. The SMILES string of the molecule is CC(C)COc1ccc(-c2nc(-c3cc(C(O)(C(N)=O)c4ccccc4)ccc3Cl)[nH]c(=O)n2)cc1. The van der Waals surface area contributed by atoms with Crippen LogP contribution in [0.2, 0.25) is 5.02 Å². The number of ether oxygens (including phenoxy) is 1. The maximum absolute atomic E-state index is 12.4. The number of carbonyl (C=O) groups excluding carboxylic acids is 1. The van der Waals surface area contributed by atoms with Gasteiger partial charge in [-0.3, -0.25) is 9.78 Å².